The van der Waals surface area contributed by atoms with E-state index in [1.807, 2.05) is 32.0 Å². The van der Waals surface area contributed by atoms with Gasteiger partial charge in [-0.2, -0.15) is 5.10 Å². The van der Waals surface area contributed by atoms with E-state index in [0.29, 0.717) is 61.1 Å². The Bertz CT molecular complexity index is 3000. The molecule has 3 fully saturated rings. The fourth-order valence-electron chi connectivity index (χ4n) is 10.8. The molecule has 20 nitrogen and oxygen atoms in total. The van der Waals surface area contributed by atoms with E-state index in [2.05, 4.69) is 67.3 Å². The van der Waals surface area contributed by atoms with Gasteiger partial charge in [-0.15, -0.1) is 0 Å². The first-order valence-corrected chi connectivity index (χ1v) is 27.8. The van der Waals surface area contributed by atoms with E-state index in [0.717, 1.165) is 68.2 Å². The fraction of sp³-hybridized carbons (Fsp3) is 0.519. The number of aromatic amines is 1. The monoisotopic (exact) mass is 1040 g/mol. The highest BCUT2D eigenvalue weighted by Crippen LogP contribution is 2.38. The number of anilines is 3. The van der Waals surface area contributed by atoms with Gasteiger partial charge >= 0.3 is 0 Å². The molecule has 5 aromatic rings. The molecule has 4 aliphatic rings. The lowest BCUT2D eigenvalue weighted by Gasteiger charge is -2.35. The topological polar surface area (TPSA) is 250 Å². The van der Waals surface area contributed by atoms with Crippen molar-refractivity contribution in [3.8, 4) is 5.75 Å². The van der Waals surface area contributed by atoms with E-state index < -0.39 is 38.6 Å². The SMILES string of the molecule is C[CH]C(=O)N[C@H](C(=O)N1C[C@@H](NC(=O)c2cnc(N3CCN(CCOc4cc5ncnc(Nc6n[nH]c(C)c6C)c5cc4S(=O)(=O)C(C)(C)C)CC3)cn2)C[C@H]1C(=O)N[C@@H]1CCCc2ccccc21)C1CCCCC1. The number of piperazine rings is 1. The molecule has 1 radical (unpaired) electrons. The average Bonchev–Trinajstić information content (AvgIpc) is 3.98. The Morgan fingerprint density at radius 2 is 1.68 bits per heavy atom. The summed E-state index contributed by atoms with van der Waals surface area (Å²) in [4.78, 5) is 79.6. The molecule has 0 spiro atoms. The first-order valence-electron chi connectivity index (χ1n) is 26.3. The average molecular weight is 1050 g/mol. The Balaban J connectivity index is 0.823. The maximum atomic E-state index is 14.6. The van der Waals surface area contributed by atoms with Crippen LogP contribution in [-0.2, 0) is 30.6 Å². The van der Waals surface area contributed by atoms with Crippen LogP contribution in [0.15, 0.2) is 60.0 Å². The van der Waals surface area contributed by atoms with Gasteiger partial charge < -0.3 is 35.8 Å². The van der Waals surface area contributed by atoms with Crippen LogP contribution in [0.25, 0.3) is 10.9 Å². The van der Waals surface area contributed by atoms with Crippen LogP contribution in [0.3, 0.4) is 0 Å². The van der Waals surface area contributed by atoms with Crippen LogP contribution in [0, 0.1) is 26.2 Å². The van der Waals surface area contributed by atoms with Gasteiger partial charge in [-0.1, -0.05) is 50.5 Å². The van der Waals surface area contributed by atoms with Crippen molar-refractivity contribution in [2.24, 2.45) is 5.92 Å². The molecule has 4 atom stereocenters. The molecule has 0 unspecified atom stereocenters. The van der Waals surface area contributed by atoms with Crippen LogP contribution in [0.2, 0.25) is 0 Å². The number of likely N-dealkylation sites (tertiary alicyclic amines) is 1. The predicted octanol–water partition coefficient (Wildman–Crippen LogP) is 5.46. The summed E-state index contributed by atoms with van der Waals surface area (Å²) in [5, 5.41) is 20.3. The van der Waals surface area contributed by atoms with Gasteiger partial charge in [0.15, 0.2) is 15.7 Å². The number of nitrogens with zero attached hydrogens (tertiary/aromatic N) is 8. The lowest BCUT2D eigenvalue weighted by atomic mass is 9.83. The zero-order chi connectivity index (χ0) is 53.0. The molecule has 1 saturated carbocycles. The lowest BCUT2D eigenvalue weighted by Crippen LogP contribution is -2.56. The molecule has 2 saturated heterocycles. The van der Waals surface area contributed by atoms with Crippen LogP contribution >= 0.6 is 0 Å². The fourth-order valence-corrected chi connectivity index (χ4v) is 12.1. The molecule has 2 aromatic carbocycles. The van der Waals surface area contributed by atoms with E-state index >= 15 is 0 Å². The number of amides is 4. The number of ether oxygens (including phenoxy) is 1. The molecule has 3 aromatic heterocycles. The molecule has 5 N–H and O–H groups in total. The summed E-state index contributed by atoms with van der Waals surface area (Å²) in [5.41, 5.74) is 4.72. The molecule has 21 heteroatoms. The van der Waals surface area contributed by atoms with Crippen molar-refractivity contribution in [2.75, 3.05) is 56.1 Å². The molecule has 5 heterocycles. The molecular formula is C54H70N13O7S. The standard InChI is InChI=1S/C54H70N13O7S/c1-7-47(68)61-48(36-15-9-8-10-16-36)53(71)67-31-37(26-43(67)52(70)60-40-19-13-17-35-14-11-12-18-38(35)40)59-51(69)42-29-56-46(30-55-42)66-22-20-65(21-23-66)24-25-74-44-28-41-39(27-45(44)75(72,73)54(4,5)6)50(58-32-57-41)62-49-33(2)34(3)63-64-49/h7,11-12,14,18,27-30,32,36-37,40,43,48H,8-10,13,15-17,19-26,31H2,1-6H3,(H,59,69)(H,60,70)(H,61,68)(H2,57,58,62,63,64)/t37-,40+,43-,48-/m0/s1. The van der Waals surface area contributed by atoms with Crippen molar-refractivity contribution in [1.29, 1.82) is 0 Å². The van der Waals surface area contributed by atoms with Gasteiger partial charge in [0.2, 0.25) is 17.7 Å². The summed E-state index contributed by atoms with van der Waals surface area (Å²) in [6.45, 7) is 13.9. The number of carbonyl (C=O) groups excluding carboxylic acids is 4. The van der Waals surface area contributed by atoms with Gasteiger partial charge in [-0.3, -0.25) is 29.2 Å². The third-order valence-electron chi connectivity index (χ3n) is 15.4. The number of H-pyrrole nitrogens is 1. The number of hydrogen-bond acceptors (Lipinski definition) is 15. The minimum atomic E-state index is -3.86. The Morgan fingerprint density at radius 3 is 2.39 bits per heavy atom. The third-order valence-corrected chi connectivity index (χ3v) is 17.9. The first kappa shape index (κ1) is 53.1. The number of aromatic nitrogens is 6. The number of nitrogens with one attached hydrogen (secondary N) is 5. The summed E-state index contributed by atoms with van der Waals surface area (Å²) in [7, 11) is -3.86. The van der Waals surface area contributed by atoms with Crippen molar-refractivity contribution >= 4 is 61.8 Å². The maximum Gasteiger partial charge on any atom is 0.271 e. The summed E-state index contributed by atoms with van der Waals surface area (Å²) in [6, 6.07) is 8.95. The molecule has 399 valence electrons. The predicted molar refractivity (Wildman–Crippen MR) is 284 cm³/mol. The zero-order valence-corrected chi connectivity index (χ0v) is 44.6. The Morgan fingerprint density at radius 1 is 0.907 bits per heavy atom. The number of hydrogen-bond donors (Lipinski definition) is 5. The van der Waals surface area contributed by atoms with Crippen LogP contribution in [-0.4, -0.2) is 141 Å². The van der Waals surface area contributed by atoms with E-state index in [9.17, 15) is 27.6 Å². The van der Waals surface area contributed by atoms with Crippen LogP contribution in [0.1, 0.15) is 118 Å². The number of fused-ring (bicyclic) bond motifs is 2. The van der Waals surface area contributed by atoms with E-state index in [1.165, 1.54) is 24.5 Å². The number of sulfone groups is 1. The second-order valence-corrected chi connectivity index (χ2v) is 23.9. The molecule has 2 aliphatic heterocycles. The summed E-state index contributed by atoms with van der Waals surface area (Å²) >= 11 is 0. The Hall–Kier alpha value is -6.74. The van der Waals surface area contributed by atoms with Crippen molar-refractivity contribution in [3.63, 3.8) is 0 Å². The van der Waals surface area contributed by atoms with Gasteiger partial charge in [0.25, 0.3) is 5.91 Å². The number of rotatable bonds is 16. The number of carbonyl (C=O) groups is 4. The normalized spacial score (nSPS) is 20.1. The van der Waals surface area contributed by atoms with Gasteiger partial charge in [-0.25, -0.2) is 28.4 Å². The first-order chi connectivity index (χ1) is 36.0. The third kappa shape index (κ3) is 11.7. The maximum absolute atomic E-state index is 14.6. The highest BCUT2D eigenvalue weighted by atomic mass is 32.2. The quantitative estimate of drug-likeness (QED) is 0.0824. The van der Waals surface area contributed by atoms with Gasteiger partial charge in [0.05, 0.1) is 28.7 Å². The zero-order valence-electron chi connectivity index (χ0n) is 43.8. The molecule has 2 aliphatic carbocycles. The summed E-state index contributed by atoms with van der Waals surface area (Å²) in [6.07, 6.45) is 13.3. The highest BCUT2D eigenvalue weighted by molar-refractivity contribution is 7.92. The van der Waals surface area contributed by atoms with Gasteiger partial charge in [-0.05, 0) is 96.3 Å². The minimum Gasteiger partial charge on any atom is -0.491 e. The van der Waals surface area contributed by atoms with Crippen molar-refractivity contribution in [2.45, 2.75) is 133 Å². The molecule has 75 heavy (non-hydrogen) atoms. The number of benzene rings is 2. The second kappa shape index (κ2) is 22.6. The second-order valence-electron chi connectivity index (χ2n) is 21.3. The molecule has 4 amide bonds. The lowest BCUT2D eigenvalue weighted by molar-refractivity contribution is -0.143. The largest absolute Gasteiger partial charge is 0.491 e. The van der Waals surface area contributed by atoms with E-state index in [-0.39, 0.29) is 65.6 Å². The molecule has 9 rings (SSSR count). The molecule has 0 bridgehead atoms. The van der Waals surface area contributed by atoms with Crippen LogP contribution in [0.4, 0.5) is 17.5 Å². The molecular weight excluding hydrogens is 975 g/mol. The van der Waals surface area contributed by atoms with Crippen molar-refractivity contribution in [3.05, 3.63) is 89.6 Å². The Kier molecular flexibility index (Phi) is 16.0. The summed E-state index contributed by atoms with van der Waals surface area (Å²) in [5.74, 6) is 0.387. The summed E-state index contributed by atoms with van der Waals surface area (Å²) < 4.78 is 33.2. The Labute approximate surface area is 438 Å². The minimum absolute atomic E-state index is 0.0560. The van der Waals surface area contributed by atoms with Crippen LogP contribution in [0.5, 0.6) is 5.75 Å². The van der Waals surface area contributed by atoms with Crippen molar-refractivity contribution in [1.82, 2.24) is 55.9 Å². The number of aryl methyl sites for hydroxylation is 2. The smallest absolute Gasteiger partial charge is 0.271 e. The van der Waals surface area contributed by atoms with Gasteiger partial charge in [0, 0.05) is 74.4 Å². The van der Waals surface area contributed by atoms with E-state index in [4.69, 9.17) is 4.74 Å². The van der Waals surface area contributed by atoms with Crippen molar-refractivity contribution < 1.29 is 32.3 Å². The highest BCUT2D eigenvalue weighted by Gasteiger charge is 2.45. The van der Waals surface area contributed by atoms with Crippen LogP contribution < -0.4 is 30.9 Å². The van der Waals surface area contributed by atoms with Gasteiger partial charge in [0.1, 0.15) is 53.0 Å². The van der Waals surface area contributed by atoms with E-state index in [1.54, 1.807) is 50.9 Å².